The molecule has 1 heterocycles. The molecule has 0 bridgehead atoms. The molecule has 92 valence electrons. The standard InChI is InChI=1S/C12H17N3O2/c13-7-10-6-9(2-5-14-10)11(16)15-8-12(17)3-1-4-12/h2,5-6,17H,1,3-4,7-8,13H2,(H,15,16). The lowest BCUT2D eigenvalue weighted by Gasteiger charge is -2.36. The summed E-state index contributed by atoms with van der Waals surface area (Å²) in [6.45, 7) is 0.622. The van der Waals surface area contributed by atoms with Gasteiger partial charge in [0.05, 0.1) is 11.3 Å². The number of carbonyl (C=O) groups excluding carboxylic acids is 1. The second kappa shape index (κ2) is 4.81. The molecular formula is C12H17N3O2. The zero-order valence-corrected chi connectivity index (χ0v) is 9.65. The molecule has 0 aliphatic heterocycles. The van der Waals surface area contributed by atoms with Crippen molar-refractivity contribution in [1.82, 2.24) is 10.3 Å². The third-order valence-corrected chi connectivity index (χ3v) is 3.15. The third-order valence-electron chi connectivity index (χ3n) is 3.15. The topological polar surface area (TPSA) is 88.2 Å². The van der Waals surface area contributed by atoms with E-state index in [1.54, 1.807) is 18.3 Å². The third kappa shape index (κ3) is 2.81. The maximum absolute atomic E-state index is 11.8. The highest BCUT2D eigenvalue weighted by atomic mass is 16.3. The van der Waals surface area contributed by atoms with Crippen molar-refractivity contribution in [2.45, 2.75) is 31.4 Å². The van der Waals surface area contributed by atoms with Crippen molar-refractivity contribution in [2.24, 2.45) is 5.73 Å². The molecule has 2 rings (SSSR count). The number of rotatable bonds is 4. The Bertz CT molecular complexity index is 416. The van der Waals surface area contributed by atoms with E-state index in [-0.39, 0.29) is 5.91 Å². The summed E-state index contributed by atoms with van der Waals surface area (Å²) in [5.74, 6) is -0.192. The molecule has 5 heteroatoms. The van der Waals surface area contributed by atoms with Crippen molar-refractivity contribution in [1.29, 1.82) is 0 Å². The Morgan fingerprint density at radius 3 is 2.94 bits per heavy atom. The van der Waals surface area contributed by atoms with E-state index >= 15 is 0 Å². The highest BCUT2D eigenvalue weighted by Gasteiger charge is 2.34. The summed E-state index contributed by atoms with van der Waals surface area (Å²) in [5.41, 5.74) is 5.97. The molecule has 0 atom stereocenters. The Hall–Kier alpha value is -1.46. The predicted octanol–water partition coefficient (Wildman–Crippen LogP) is 0.185. The quantitative estimate of drug-likeness (QED) is 0.695. The number of aliphatic hydroxyl groups is 1. The van der Waals surface area contributed by atoms with Crippen molar-refractivity contribution in [3.8, 4) is 0 Å². The normalized spacial score (nSPS) is 17.3. The summed E-state index contributed by atoms with van der Waals surface area (Å²) in [5, 5.41) is 12.6. The van der Waals surface area contributed by atoms with E-state index in [1.165, 1.54) is 0 Å². The van der Waals surface area contributed by atoms with E-state index in [4.69, 9.17) is 5.73 Å². The van der Waals surface area contributed by atoms with Gasteiger partial charge in [0.25, 0.3) is 5.91 Å². The number of amides is 1. The SMILES string of the molecule is NCc1cc(C(=O)NCC2(O)CCC2)ccn1. The molecule has 5 nitrogen and oxygen atoms in total. The number of aromatic nitrogens is 1. The van der Waals surface area contributed by atoms with E-state index in [9.17, 15) is 9.90 Å². The van der Waals surface area contributed by atoms with Gasteiger partial charge in [0.15, 0.2) is 0 Å². The van der Waals surface area contributed by atoms with Gasteiger partial charge in [0, 0.05) is 24.8 Å². The molecule has 1 aromatic heterocycles. The van der Waals surface area contributed by atoms with Crippen LogP contribution in [0, 0.1) is 0 Å². The average Bonchev–Trinajstić information content (AvgIpc) is 2.33. The fraction of sp³-hybridized carbons (Fsp3) is 0.500. The average molecular weight is 235 g/mol. The Kier molecular flexibility index (Phi) is 3.40. The molecule has 1 aliphatic carbocycles. The zero-order chi connectivity index (χ0) is 12.3. The summed E-state index contributed by atoms with van der Waals surface area (Å²) in [6.07, 6.45) is 4.11. The van der Waals surface area contributed by atoms with Crippen molar-refractivity contribution < 1.29 is 9.90 Å². The Morgan fingerprint density at radius 1 is 1.59 bits per heavy atom. The van der Waals surface area contributed by atoms with Crippen LogP contribution in [0.15, 0.2) is 18.3 Å². The van der Waals surface area contributed by atoms with Gasteiger partial charge >= 0.3 is 0 Å². The first-order valence-electron chi connectivity index (χ1n) is 5.78. The Balaban J connectivity index is 1.94. The summed E-state index contributed by atoms with van der Waals surface area (Å²) in [6, 6.07) is 3.31. The summed E-state index contributed by atoms with van der Waals surface area (Å²) < 4.78 is 0. The smallest absolute Gasteiger partial charge is 0.251 e. The van der Waals surface area contributed by atoms with E-state index in [0.717, 1.165) is 19.3 Å². The second-order valence-corrected chi connectivity index (χ2v) is 4.50. The van der Waals surface area contributed by atoms with E-state index in [2.05, 4.69) is 10.3 Å². The lowest BCUT2D eigenvalue weighted by atomic mass is 9.80. The van der Waals surface area contributed by atoms with Gasteiger partial charge in [0.2, 0.25) is 0 Å². The zero-order valence-electron chi connectivity index (χ0n) is 9.65. The maximum atomic E-state index is 11.8. The first-order valence-corrected chi connectivity index (χ1v) is 5.78. The van der Waals surface area contributed by atoms with Crippen molar-refractivity contribution in [3.63, 3.8) is 0 Å². The van der Waals surface area contributed by atoms with Gasteiger partial charge in [-0.25, -0.2) is 0 Å². The molecule has 0 unspecified atom stereocenters. The van der Waals surface area contributed by atoms with Gasteiger partial charge in [-0.3, -0.25) is 9.78 Å². The molecule has 0 spiro atoms. The van der Waals surface area contributed by atoms with Crippen LogP contribution in [0.25, 0.3) is 0 Å². The predicted molar refractivity (Wildman–Crippen MR) is 63.3 cm³/mol. The van der Waals surface area contributed by atoms with Gasteiger partial charge in [-0.2, -0.15) is 0 Å². The molecule has 0 saturated heterocycles. The van der Waals surface area contributed by atoms with Crippen LogP contribution in [0.1, 0.15) is 35.3 Å². The van der Waals surface area contributed by atoms with E-state index < -0.39 is 5.60 Å². The van der Waals surface area contributed by atoms with Crippen molar-refractivity contribution in [3.05, 3.63) is 29.6 Å². The van der Waals surface area contributed by atoms with Gasteiger partial charge in [-0.15, -0.1) is 0 Å². The lowest BCUT2D eigenvalue weighted by molar-refractivity contribution is -0.0300. The Morgan fingerprint density at radius 2 is 2.35 bits per heavy atom. The van der Waals surface area contributed by atoms with Crippen LogP contribution in [0.5, 0.6) is 0 Å². The number of pyridine rings is 1. The molecule has 1 aromatic rings. The molecule has 17 heavy (non-hydrogen) atoms. The van der Waals surface area contributed by atoms with Crippen LogP contribution < -0.4 is 11.1 Å². The van der Waals surface area contributed by atoms with E-state index in [1.807, 2.05) is 0 Å². The van der Waals surface area contributed by atoms with Gasteiger partial charge < -0.3 is 16.2 Å². The van der Waals surface area contributed by atoms with Crippen LogP contribution in [0.4, 0.5) is 0 Å². The largest absolute Gasteiger partial charge is 0.388 e. The van der Waals surface area contributed by atoms with Crippen molar-refractivity contribution in [2.75, 3.05) is 6.54 Å². The summed E-state index contributed by atoms with van der Waals surface area (Å²) >= 11 is 0. The highest BCUT2D eigenvalue weighted by Crippen LogP contribution is 2.30. The number of hydrogen-bond acceptors (Lipinski definition) is 4. The molecule has 0 radical (unpaired) electrons. The van der Waals surface area contributed by atoms with E-state index in [0.29, 0.717) is 24.3 Å². The number of nitrogens with zero attached hydrogens (tertiary/aromatic N) is 1. The number of nitrogens with one attached hydrogen (secondary N) is 1. The Labute approximate surface area is 100 Å². The van der Waals surface area contributed by atoms with Crippen LogP contribution >= 0.6 is 0 Å². The molecule has 1 fully saturated rings. The first-order chi connectivity index (χ1) is 8.13. The molecular weight excluding hydrogens is 218 g/mol. The van der Waals surface area contributed by atoms with Crippen LogP contribution in [-0.4, -0.2) is 28.1 Å². The number of hydrogen-bond donors (Lipinski definition) is 3. The van der Waals surface area contributed by atoms with Gasteiger partial charge in [-0.1, -0.05) is 0 Å². The van der Waals surface area contributed by atoms with Crippen LogP contribution in [0.2, 0.25) is 0 Å². The minimum atomic E-state index is -0.695. The van der Waals surface area contributed by atoms with Gasteiger partial charge in [-0.05, 0) is 31.4 Å². The van der Waals surface area contributed by atoms with Crippen LogP contribution in [-0.2, 0) is 6.54 Å². The minimum Gasteiger partial charge on any atom is -0.388 e. The molecule has 1 amide bonds. The molecule has 1 aliphatic rings. The molecule has 1 saturated carbocycles. The highest BCUT2D eigenvalue weighted by molar-refractivity contribution is 5.94. The lowest BCUT2D eigenvalue weighted by Crippen LogP contribution is -2.47. The summed E-state index contributed by atoms with van der Waals surface area (Å²) in [4.78, 5) is 15.8. The summed E-state index contributed by atoms with van der Waals surface area (Å²) in [7, 11) is 0. The monoisotopic (exact) mass is 235 g/mol. The fourth-order valence-corrected chi connectivity index (χ4v) is 1.84. The molecule has 0 aromatic carbocycles. The van der Waals surface area contributed by atoms with Crippen molar-refractivity contribution >= 4 is 5.91 Å². The number of nitrogens with two attached hydrogens (primary N) is 1. The second-order valence-electron chi connectivity index (χ2n) is 4.50. The molecule has 4 N–H and O–H groups in total. The first kappa shape index (κ1) is 12.0. The van der Waals surface area contributed by atoms with Crippen LogP contribution in [0.3, 0.4) is 0 Å². The minimum absolute atomic E-state index is 0.192. The van der Waals surface area contributed by atoms with Gasteiger partial charge in [0.1, 0.15) is 0 Å². The fourth-order valence-electron chi connectivity index (χ4n) is 1.84. The maximum Gasteiger partial charge on any atom is 0.251 e. The number of carbonyl (C=O) groups is 1.